The molecule has 0 saturated heterocycles. The lowest BCUT2D eigenvalue weighted by Crippen LogP contribution is -2.21. The average molecular weight is 165 g/mol. The normalized spacial score (nSPS) is 10.4. The van der Waals surface area contributed by atoms with E-state index in [0.717, 1.165) is 5.69 Å². The van der Waals surface area contributed by atoms with Gasteiger partial charge in [-0.3, -0.25) is 0 Å². The molecule has 4 N–H and O–H groups in total. The standard InChI is InChI=1S/C7H11N5/c1-12-4-2-3-6(12)5-10-11-7(8)9/h2-5H,1H3,(H4,8,9,11)/b10-5+. The van der Waals surface area contributed by atoms with Crippen molar-refractivity contribution in [3.63, 3.8) is 0 Å². The monoisotopic (exact) mass is 165 g/mol. The Labute approximate surface area is 70.4 Å². The predicted octanol–water partition coefficient (Wildman–Crippen LogP) is -0.368. The molecule has 5 heteroatoms. The van der Waals surface area contributed by atoms with Crippen LogP contribution in [0.2, 0.25) is 0 Å². The van der Waals surface area contributed by atoms with E-state index in [1.54, 1.807) is 6.21 Å². The molecule has 0 fully saturated rings. The third-order valence-electron chi connectivity index (χ3n) is 1.35. The molecular formula is C7H11N5. The van der Waals surface area contributed by atoms with Gasteiger partial charge in [-0.25, -0.2) is 0 Å². The van der Waals surface area contributed by atoms with Crippen LogP contribution in [0.5, 0.6) is 0 Å². The van der Waals surface area contributed by atoms with Crippen LogP contribution < -0.4 is 11.5 Å². The molecule has 1 aromatic heterocycles. The number of rotatable bonds is 2. The minimum absolute atomic E-state index is 0.0412. The Hall–Kier alpha value is -1.78. The molecule has 0 amide bonds. The van der Waals surface area contributed by atoms with Gasteiger partial charge in [0.2, 0.25) is 5.96 Å². The zero-order chi connectivity index (χ0) is 8.97. The highest BCUT2D eigenvalue weighted by Crippen LogP contribution is 1.94. The summed E-state index contributed by atoms with van der Waals surface area (Å²) >= 11 is 0. The molecular weight excluding hydrogens is 154 g/mol. The van der Waals surface area contributed by atoms with Crippen LogP contribution in [0, 0.1) is 0 Å². The number of aromatic nitrogens is 1. The number of hydrogen-bond donors (Lipinski definition) is 2. The summed E-state index contributed by atoms with van der Waals surface area (Å²) in [5.74, 6) is -0.0412. The van der Waals surface area contributed by atoms with Crippen LogP contribution in [0.4, 0.5) is 0 Å². The van der Waals surface area contributed by atoms with Crippen LogP contribution in [0.25, 0.3) is 0 Å². The molecule has 0 bridgehead atoms. The van der Waals surface area contributed by atoms with Gasteiger partial charge in [0.15, 0.2) is 0 Å². The topological polar surface area (TPSA) is 81.7 Å². The summed E-state index contributed by atoms with van der Waals surface area (Å²) in [6.07, 6.45) is 3.50. The van der Waals surface area contributed by atoms with E-state index in [4.69, 9.17) is 11.5 Å². The van der Waals surface area contributed by atoms with Crippen molar-refractivity contribution >= 4 is 12.2 Å². The van der Waals surface area contributed by atoms with Crippen molar-refractivity contribution < 1.29 is 0 Å². The molecule has 1 rings (SSSR count). The summed E-state index contributed by atoms with van der Waals surface area (Å²) in [6, 6.07) is 3.82. The molecule has 0 radical (unpaired) electrons. The summed E-state index contributed by atoms with van der Waals surface area (Å²) in [5.41, 5.74) is 11.1. The van der Waals surface area contributed by atoms with Crippen molar-refractivity contribution in [2.45, 2.75) is 0 Å². The Bertz CT molecular complexity index is 305. The third kappa shape index (κ3) is 2.12. The summed E-state index contributed by atoms with van der Waals surface area (Å²) in [5, 5.41) is 7.14. The Kier molecular flexibility index (Phi) is 2.47. The molecule has 64 valence electrons. The maximum Gasteiger partial charge on any atom is 0.211 e. The molecule has 0 aliphatic carbocycles. The Morgan fingerprint density at radius 2 is 2.33 bits per heavy atom. The largest absolute Gasteiger partial charge is 0.369 e. The van der Waals surface area contributed by atoms with Crippen molar-refractivity contribution in [2.75, 3.05) is 0 Å². The van der Waals surface area contributed by atoms with E-state index in [1.165, 1.54) is 0 Å². The van der Waals surface area contributed by atoms with Crippen LogP contribution in [0.1, 0.15) is 5.69 Å². The zero-order valence-corrected chi connectivity index (χ0v) is 6.81. The van der Waals surface area contributed by atoms with Crippen molar-refractivity contribution in [2.24, 2.45) is 28.7 Å². The van der Waals surface area contributed by atoms with Crippen LogP contribution in [-0.4, -0.2) is 16.7 Å². The highest BCUT2D eigenvalue weighted by Gasteiger charge is 1.89. The summed E-state index contributed by atoms with van der Waals surface area (Å²) in [7, 11) is 1.91. The van der Waals surface area contributed by atoms with Gasteiger partial charge in [0, 0.05) is 13.2 Å². The summed E-state index contributed by atoms with van der Waals surface area (Å²) in [6.45, 7) is 0. The van der Waals surface area contributed by atoms with Crippen LogP contribution in [0.3, 0.4) is 0 Å². The molecule has 0 aromatic carbocycles. The fraction of sp³-hybridized carbons (Fsp3) is 0.143. The fourth-order valence-corrected chi connectivity index (χ4v) is 0.763. The molecule has 1 heterocycles. The van der Waals surface area contributed by atoms with Gasteiger partial charge in [-0.15, -0.1) is 5.10 Å². The third-order valence-corrected chi connectivity index (χ3v) is 1.35. The maximum atomic E-state index is 5.08. The van der Waals surface area contributed by atoms with Crippen LogP contribution in [0.15, 0.2) is 28.5 Å². The molecule has 0 spiro atoms. The van der Waals surface area contributed by atoms with Crippen molar-refractivity contribution in [3.8, 4) is 0 Å². The molecule has 0 aliphatic heterocycles. The second kappa shape index (κ2) is 3.56. The van der Waals surface area contributed by atoms with Crippen LogP contribution >= 0.6 is 0 Å². The SMILES string of the molecule is Cn1cccc1/C=N/N=C(N)N. The molecule has 0 saturated carbocycles. The summed E-state index contributed by atoms with van der Waals surface area (Å²) < 4.78 is 1.91. The molecule has 5 nitrogen and oxygen atoms in total. The zero-order valence-electron chi connectivity index (χ0n) is 6.81. The number of aryl methyl sites for hydroxylation is 1. The van der Waals surface area contributed by atoms with E-state index in [9.17, 15) is 0 Å². The van der Waals surface area contributed by atoms with Gasteiger partial charge in [0.1, 0.15) is 0 Å². The van der Waals surface area contributed by atoms with Gasteiger partial charge >= 0.3 is 0 Å². The van der Waals surface area contributed by atoms with Gasteiger partial charge in [-0.1, -0.05) is 0 Å². The smallest absolute Gasteiger partial charge is 0.211 e. The predicted molar refractivity (Wildman–Crippen MR) is 48.8 cm³/mol. The first-order chi connectivity index (χ1) is 5.70. The van der Waals surface area contributed by atoms with Gasteiger partial charge in [-0.2, -0.15) is 5.10 Å². The molecule has 0 atom stereocenters. The minimum atomic E-state index is -0.0412. The van der Waals surface area contributed by atoms with E-state index in [1.807, 2.05) is 29.9 Å². The van der Waals surface area contributed by atoms with Crippen molar-refractivity contribution in [1.82, 2.24) is 4.57 Å². The van der Waals surface area contributed by atoms with Gasteiger partial charge in [0.25, 0.3) is 0 Å². The van der Waals surface area contributed by atoms with E-state index in [2.05, 4.69) is 10.2 Å². The number of nitrogens with zero attached hydrogens (tertiary/aromatic N) is 3. The number of hydrogen-bond acceptors (Lipinski definition) is 2. The lowest BCUT2D eigenvalue weighted by Gasteiger charge is -1.92. The number of guanidine groups is 1. The second-order valence-corrected chi connectivity index (χ2v) is 2.31. The van der Waals surface area contributed by atoms with Crippen LogP contribution in [-0.2, 0) is 7.05 Å². The lowest BCUT2D eigenvalue weighted by molar-refractivity contribution is 0.917. The Morgan fingerprint density at radius 1 is 1.58 bits per heavy atom. The first-order valence-corrected chi connectivity index (χ1v) is 3.43. The average Bonchev–Trinajstić information content (AvgIpc) is 2.36. The number of nitrogens with two attached hydrogens (primary N) is 2. The molecule has 0 unspecified atom stereocenters. The van der Waals surface area contributed by atoms with Crippen molar-refractivity contribution in [3.05, 3.63) is 24.0 Å². The quantitative estimate of drug-likeness (QED) is 0.356. The molecule has 12 heavy (non-hydrogen) atoms. The molecule has 1 aromatic rings. The second-order valence-electron chi connectivity index (χ2n) is 2.31. The Morgan fingerprint density at radius 3 is 2.83 bits per heavy atom. The van der Waals surface area contributed by atoms with E-state index in [0.29, 0.717) is 0 Å². The van der Waals surface area contributed by atoms with Gasteiger partial charge in [0.05, 0.1) is 11.9 Å². The highest BCUT2D eigenvalue weighted by molar-refractivity contribution is 5.80. The van der Waals surface area contributed by atoms with Gasteiger partial charge < -0.3 is 16.0 Å². The summed E-state index contributed by atoms with van der Waals surface area (Å²) in [4.78, 5) is 0. The highest BCUT2D eigenvalue weighted by atomic mass is 15.3. The maximum absolute atomic E-state index is 5.08. The van der Waals surface area contributed by atoms with E-state index in [-0.39, 0.29) is 5.96 Å². The van der Waals surface area contributed by atoms with E-state index < -0.39 is 0 Å². The first-order valence-electron chi connectivity index (χ1n) is 3.43. The molecule has 0 aliphatic rings. The Balaban J connectivity index is 2.70. The lowest BCUT2D eigenvalue weighted by atomic mass is 10.5. The van der Waals surface area contributed by atoms with Crippen molar-refractivity contribution in [1.29, 1.82) is 0 Å². The fourth-order valence-electron chi connectivity index (χ4n) is 0.763. The van der Waals surface area contributed by atoms with Gasteiger partial charge in [-0.05, 0) is 12.1 Å². The van der Waals surface area contributed by atoms with E-state index >= 15 is 0 Å². The first kappa shape index (κ1) is 8.32. The minimum Gasteiger partial charge on any atom is -0.369 e.